The van der Waals surface area contributed by atoms with E-state index in [1.54, 1.807) is 0 Å². The maximum atomic E-state index is 13.4. The Bertz CT molecular complexity index is 586. The summed E-state index contributed by atoms with van der Waals surface area (Å²) in [5.41, 5.74) is -3.91. The summed E-state index contributed by atoms with van der Waals surface area (Å²) in [7, 11) is 0. The summed E-state index contributed by atoms with van der Waals surface area (Å²) < 4.78 is 166. The third kappa shape index (κ3) is 3.25. The van der Waals surface area contributed by atoms with Crippen LogP contribution in [0.15, 0.2) is 0 Å². The fraction of sp³-hybridized carbons (Fsp3) is 1.00. The zero-order chi connectivity index (χ0) is 22.7. The van der Waals surface area contributed by atoms with Crippen LogP contribution in [-0.4, -0.2) is 51.6 Å². The van der Waals surface area contributed by atoms with Crippen LogP contribution in [0.5, 0.6) is 0 Å². The molecule has 0 amide bonds. The van der Waals surface area contributed by atoms with E-state index in [1.165, 1.54) is 0 Å². The minimum Gasteiger partial charge on any atom is -0.262 e. The molecular formula is C9H6F13N2O3. The van der Waals surface area contributed by atoms with Gasteiger partial charge in [0, 0.05) is 18.8 Å². The number of alkyl halides is 13. The van der Waals surface area contributed by atoms with Gasteiger partial charge in [0.05, 0.1) is 0 Å². The fourth-order valence-electron chi connectivity index (χ4n) is 1.31. The highest BCUT2D eigenvalue weighted by atomic mass is 19.4. The highest BCUT2D eigenvalue weighted by molar-refractivity contribution is 5.09. The molecule has 0 aliphatic carbocycles. The van der Waals surface area contributed by atoms with Gasteiger partial charge < -0.3 is 0 Å². The van der Waals surface area contributed by atoms with Crippen molar-refractivity contribution < 1.29 is 67.2 Å². The van der Waals surface area contributed by atoms with Gasteiger partial charge >= 0.3 is 41.6 Å². The first-order valence-corrected chi connectivity index (χ1v) is 5.93. The zero-order valence-corrected chi connectivity index (χ0v) is 12.5. The summed E-state index contributed by atoms with van der Waals surface area (Å²) in [6.07, 6.45) is -7.59. The number of nitro groups is 1. The maximum Gasteiger partial charge on any atom is 0.460 e. The predicted octanol–water partition coefficient (Wildman–Crippen LogP) is 4.34. The minimum atomic E-state index is -8.20. The van der Waals surface area contributed by atoms with Crippen LogP contribution in [0.4, 0.5) is 57.1 Å². The Kier molecular flexibility index (Phi) is 5.85. The van der Waals surface area contributed by atoms with Crippen LogP contribution < -0.4 is 0 Å². The van der Waals surface area contributed by atoms with Crippen LogP contribution >= 0.6 is 0 Å². The quantitative estimate of drug-likeness (QED) is 0.196. The molecule has 0 aliphatic heterocycles. The third-order valence-corrected chi connectivity index (χ3v) is 3.12. The second-order valence-electron chi connectivity index (χ2n) is 5.38. The number of halogens is 13. The van der Waals surface area contributed by atoms with E-state index in [0.29, 0.717) is 0 Å². The predicted molar refractivity (Wildman–Crippen MR) is 54.4 cm³/mol. The average Bonchev–Trinajstić information content (AvgIpc) is 2.43. The summed E-state index contributed by atoms with van der Waals surface area (Å²) in [6, 6.07) is -7.22. The number of hydrogen-bond acceptors (Lipinski definition) is 3. The Hall–Kier alpha value is -1.59. The Labute approximate surface area is 139 Å². The van der Waals surface area contributed by atoms with Gasteiger partial charge in [0.1, 0.15) is 0 Å². The molecule has 0 N–H and O–H groups in total. The monoisotopic (exact) mass is 437 g/mol. The van der Waals surface area contributed by atoms with Crippen LogP contribution in [0.1, 0.15) is 13.8 Å². The Balaban J connectivity index is 6.52. The molecule has 0 spiro atoms. The first-order valence-electron chi connectivity index (χ1n) is 5.93. The smallest absolute Gasteiger partial charge is 0.262 e. The van der Waals surface area contributed by atoms with Crippen molar-refractivity contribution in [2.45, 2.75) is 55.4 Å². The molecule has 0 saturated heterocycles. The Morgan fingerprint density at radius 2 is 0.963 bits per heavy atom. The molecule has 1 radical (unpaired) electrons. The van der Waals surface area contributed by atoms with Crippen LogP contribution in [-0.2, 0) is 5.21 Å². The van der Waals surface area contributed by atoms with Crippen molar-refractivity contribution in [3.05, 3.63) is 10.1 Å². The normalized spacial score (nSPS) is 16.0. The fourth-order valence-corrected chi connectivity index (χ4v) is 1.31. The Morgan fingerprint density at radius 3 is 1.22 bits per heavy atom. The largest absolute Gasteiger partial charge is 0.460 e. The van der Waals surface area contributed by atoms with Gasteiger partial charge in [-0.15, -0.1) is 5.21 Å². The topological polar surface area (TPSA) is 66.3 Å². The molecule has 0 fully saturated rings. The first-order chi connectivity index (χ1) is 11.3. The van der Waals surface area contributed by atoms with E-state index in [2.05, 4.69) is 0 Å². The highest BCUT2D eigenvalue weighted by Crippen LogP contribution is 2.60. The Morgan fingerprint density at radius 1 is 0.667 bits per heavy atom. The standard InChI is InChI=1S/C9H6F13N2O3/c1-3(2,24(26)27)23(25)9(21,22)7(16,17)5(12,13)4(10,11)6(14,15)8(18,19)20/h1-2H3. The molecule has 0 aromatic carbocycles. The second-order valence-corrected chi connectivity index (χ2v) is 5.38. The first kappa shape index (κ1) is 25.4. The molecule has 0 heterocycles. The molecule has 0 saturated carbocycles. The average molecular weight is 437 g/mol. The third-order valence-electron chi connectivity index (χ3n) is 3.12. The van der Waals surface area contributed by atoms with Crippen molar-refractivity contribution in [3.63, 3.8) is 0 Å². The van der Waals surface area contributed by atoms with Crippen LogP contribution in [0.25, 0.3) is 0 Å². The zero-order valence-electron chi connectivity index (χ0n) is 12.5. The lowest BCUT2D eigenvalue weighted by atomic mass is 9.96. The van der Waals surface area contributed by atoms with E-state index in [-0.39, 0.29) is 13.8 Å². The van der Waals surface area contributed by atoms with Crippen molar-refractivity contribution in [1.29, 1.82) is 0 Å². The van der Waals surface area contributed by atoms with Crippen molar-refractivity contribution in [2.75, 3.05) is 0 Å². The van der Waals surface area contributed by atoms with E-state index in [1.807, 2.05) is 0 Å². The van der Waals surface area contributed by atoms with Gasteiger partial charge in [0.25, 0.3) is 0 Å². The van der Waals surface area contributed by atoms with E-state index in [0.717, 1.165) is 0 Å². The molecule has 0 rings (SSSR count). The molecule has 161 valence electrons. The van der Waals surface area contributed by atoms with Gasteiger partial charge in [-0.1, -0.05) is 0 Å². The molecule has 27 heavy (non-hydrogen) atoms. The lowest BCUT2D eigenvalue weighted by Gasteiger charge is -2.41. The van der Waals surface area contributed by atoms with Crippen molar-refractivity contribution in [3.8, 4) is 0 Å². The van der Waals surface area contributed by atoms with Gasteiger partial charge in [-0.2, -0.15) is 57.1 Å². The summed E-state index contributed by atoms with van der Waals surface area (Å²) >= 11 is 0. The molecule has 18 heteroatoms. The SMILES string of the molecule is CC(C)(N([O])C(F)(F)C(F)(F)C(F)(F)C(F)(F)C(F)(F)C(F)(F)F)[N+](=O)[O-]. The van der Waals surface area contributed by atoms with E-state index >= 15 is 0 Å². The van der Waals surface area contributed by atoms with Crippen molar-refractivity contribution >= 4 is 0 Å². The molecule has 0 bridgehead atoms. The molecule has 0 unspecified atom stereocenters. The molecule has 0 atom stereocenters. The summed E-state index contributed by atoms with van der Waals surface area (Å²) in [4.78, 5) is 8.29. The molecule has 0 aromatic rings. The minimum absolute atomic E-state index is 0.190. The van der Waals surface area contributed by atoms with Gasteiger partial charge in [-0.25, -0.2) is 0 Å². The van der Waals surface area contributed by atoms with Crippen molar-refractivity contribution in [2.24, 2.45) is 0 Å². The molecule has 0 aromatic heterocycles. The number of nitrogens with zero attached hydrogens (tertiary/aromatic N) is 2. The molecule has 0 aliphatic rings. The lowest BCUT2D eigenvalue weighted by Crippen LogP contribution is -2.74. The molecular weight excluding hydrogens is 431 g/mol. The second kappa shape index (κ2) is 6.21. The number of hydroxylamine groups is 2. The summed E-state index contributed by atoms with van der Waals surface area (Å²) in [6.45, 7) is -0.380. The van der Waals surface area contributed by atoms with Crippen molar-refractivity contribution in [1.82, 2.24) is 5.06 Å². The summed E-state index contributed by atoms with van der Waals surface area (Å²) in [5.74, 6) is -32.3. The van der Waals surface area contributed by atoms with Crippen LogP contribution in [0.2, 0.25) is 0 Å². The van der Waals surface area contributed by atoms with Gasteiger partial charge in [0.2, 0.25) is 0 Å². The number of rotatable bonds is 7. The van der Waals surface area contributed by atoms with E-state index in [4.69, 9.17) is 0 Å². The highest BCUT2D eigenvalue weighted by Gasteiger charge is 2.92. The van der Waals surface area contributed by atoms with Gasteiger partial charge in [-0.3, -0.25) is 10.1 Å². The van der Waals surface area contributed by atoms with Gasteiger partial charge in [-0.05, 0) is 5.06 Å². The van der Waals surface area contributed by atoms with Crippen LogP contribution in [0.3, 0.4) is 0 Å². The molecule has 5 nitrogen and oxygen atoms in total. The maximum absolute atomic E-state index is 13.4. The lowest BCUT2D eigenvalue weighted by molar-refractivity contribution is -0.649. The number of hydrogen-bond donors (Lipinski definition) is 0. The van der Waals surface area contributed by atoms with E-state index in [9.17, 15) is 72.4 Å². The van der Waals surface area contributed by atoms with E-state index < -0.39 is 51.6 Å². The van der Waals surface area contributed by atoms with Gasteiger partial charge in [0.15, 0.2) is 0 Å². The van der Waals surface area contributed by atoms with Crippen LogP contribution in [0, 0.1) is 10.1 Å². The summed E-state index contributed by atoms with van der Waals surface area (Å²) in [5, 5.41) is 18.7.